The van der Waals surface area contributed by atoms with Crippen LogP contribution in [0.2, 0.25) is 0 Å². The molecule has 0 fully saturated rings. The van der Waals surface area contributed by atoms with Crippen LogP contribution in [0.3, 0.4) is 0 Å². The quantitative estimate of drug-likeness (QED) is 0.477. The van der Waals surface area contributed by atoms with Gasteiger partial charge in [-0.05, 0) is 38.8 Å². The topological polar surface area (TPSA) is 67.6 Å². The van der Waals surface area contributed by atoms with Crippen molar-refractivity contribution in [3.05, 3.63) is 29.8 Å². The molecule has 0 radical (unpaired) electrons. The van der Waals surface area contributed by atoms with Gasteiger partial charge in [-0.25, -0.2) is 5.84 Å². The van der Waals surface area contributed by atoms with E-state index in [1.807, 2.05) is 12.1 Å². The molecule has 2 rings (SSSR count). The molecule has 0 aromatic heterocycles. The second kappa shape index (κ2) is 7.26. The van der Waals surface area contributed by atoms with Gasteiger partial charge in [0.2, 0.25) is 0 Å². The third-order valence-corrected chi connectivity index (χ3v) is 4.66. The number of para-hydroxylation sites is 1. The normalized spacial score (nSPS) is 16.9. The standard InChI is InChI=1S/C19H29N3O2/c1-6-7-10-15(18(23)21-20)22-17-14(9-8-11-16(17)24-5)13(2)12-19(22,3)4/h8-9,11-12,15H,6-7,10,20H2,1-5H3,(H,21,23). The van der Waals surface area contributed by atoms with Gasteiger partial charge < -0.3 is 9.64 Å². The van der Waals surface area contributed by atoms with E-state index in [1.165, 1.54) is 5.57 Å². The molecule has 5 nitrogen and oxygen atoms in total. The number of nitrogens with two attached hydrogens (primary N) is 1. The number of benzene rings is 1. The average molecular weight is 331 g/mol. The van der Waals surface area contributed by atoms with E-state index < -0.39 is 0 Å². The van der Waals surface area contributed by atoms with E-state index in [0.29, 0.717) is 0 Å². The fraction of sp³-hybridized carbons (Fsp3) is 0.526. The lowest BCUT2D eigenvalue weighted by Crippen LogP contribution is -2.57. The number of ether oxygens (including phenoxy) is 1. The monoisotopic (exact) mass is 331 g/mol. The molecule has 1 aliphatic heterocycles. The predicted octanol–water partition coefficient (Wildman–Crippen LogP) is 3.25. The Morgan fingerprint density at radius 1 is 1.42 bits per heavy atom. The van der Waals surface area contributed by atoms with Crippen LogP contribution in [0.5, 0.6) is 5.75 Å². The van der Waals surface area contributed by atoms with E-state index in [-0.39, 0.29) is 17.5 Å². The first kappa shape index (κ1) is 18.3. The molecule has 1 aromatic rings. The van der Waals surface area contributed by atoms with E-state index in [0.717, 1.165) is 36.3 Å². The molecule has 1 aliphatic rings. The fourth-order valence-corrected chi connectivity index (χ4v) is 3.65. The summed E-state index contributed by atoms with van der Waals surface area (Å²) in [5.41, 5.74) is 5.28. The smallest absolute Gasteiger partial charge is 0.256 e. The summed E-state index contributed by atoms with van der Waals surface area (Å²) in [4.78, 5) is 14.7. The van der Waals surface area contributed by atoms with Gasteiger partial charge in [-0.3, -0.25) is 10.2 Å². The van der Waals surface area contributed by atoms with Gasteiger partial charge >= 0.3 is 0 Å². The van der Waals surface area contributed by atoms with Crippen molar-refractivity contribution in [2.24, 2.45) is 5.84 Å². The number of allylic oxidation sites excluding steroid dienone is 1. The molecule has 0 spiro atoms. The Balaban J connectivity index is 2.64. The number of hydrazine groups is 1. The van der Waals surface area contributed by atoms with Gasteiger partial charge in [0, 0.05) is 5.56 Å². The van der Waals surface area contributed by atoms with Crippen LogP contribution in [-0.4, -0.2) is 24.6 Å². The van der Waals surface area contributed by atoms with Crippen LogP contribution in [0.4, 0.5) is 5.69 Å². The molecule has 1 atom stereocenters. The van der Waals surface area contributed by atoms with Crippen molar-refractivity contribution in [2.45, 2.75) is 58.5 Å². The third kappa shape index (κ3) is 3.26. The number of rotatable bonds is 6. The van der Waals surface area contributed by atoms with Gasteiger partial charge in [-0.1, -0.05) is 38.0 Å². The molecule has 0 bridgehead atoms. The minimum absolute atomic E-state index is 0.165. The highest BCUT2D eigenvalue weighted by Crippen LogP contribution is 2.45. The number of carbonyl (C=O) groups is 1. The number of nitrogens with one attached hydrogen (secondary N) is 1. The maximum absolute atomic E-state index is 12.6. The molecule has 3 N–H and O–H groups in total. The van der Waals surface area contributed by atoms with Crippen molar-refractivity contribution >= 4 is 17.2 Å². The maximum atomic E-state index is 12.6. The number of nitrogens with zero attached hydrogens (tertiary/aromatic N) is 1. The molecule has 1 aromatic carbocycles. The van der Waals surface area contributed by atoms with Crippen LogP contribution in [-0.2, 0) is 4.79 Å². The van der Waals surface area contributed by atoms with Gasteiger partial charge in [0.15, 0.2) is 0 Å². The molecule has 1 heterocycles. The van der Waals surface area contributed by atoms with Crippen LogP contribution in [0.1, 0.15) is 52.5 Å². The highest BCUT2D eigenvalue weighted by atomic mass is 16.5. The van der Waals surface area contributed by atoms with Gasteiger partial charge in [-0.2, -0.15) is 0 Å². The molecular formula is C19H29N3O2. The zero-order chi connectivity index (χ0) is 17.9. The highest BCUT2D eigenvalue weighted by Gasteiger charge is 2.40. The first-order valence-electron chi connectivity index (χ1n) is 8.54. The average Bonchev–Trinajstić information content (AvgIpc) is 2.55. The molecule has 0 saturated carbocycles. The van der Waals surface area contributed by atoms with Crippen LogP contribution in [0.25, 0.3) is 5.57 Å². The fourth-order valence-electron chi connectivity index (χ4n) is 3.65. The van der Waals surface area contributed by atoms with Gasteiger partial charge in [0.1, 0.15) is 11.8 Å². The summed E-state index contributed by atoms with van der Waals surface area (Å²) in [7, 11) is 1.67. The maximum Gasteiger partial charge on any atom is 0.256 e. The highest BCUT2D eigenvalue weighted by molar-refractivity contribution is 5.91. The lowest BCUT2D eigenvalue weighted by atomic mass is 9.86. The summed E-state index contributed by atoms with van der Waals surface area (Å²) in [6.45, 7) is 8.46. The summed E-state index contributed by atoms with van der Waals surface area (Å²) in [6, 6.07) is 5.65. The van der Waals surface area contributed by atoms with Crippen molar-refractivity contribution in [1.29, 1.82) is 0 Å². The number of hydrogen-bond donors (Lipinski definition) is 2. The van der Waals surface area contributed by atoms with Gasteiger partial charge in [0.05, 0.1) is 18.3 Å². The van der Waals surface area contributed by atoms with Crippen molar-refractivity contribution in [3.8, 4) is 5.75 Å². The number of carbonyl (C=O) groups excluding carboxylic acids is 1. The number of anilines is 1. The summed E-state index contributed by atoms with van der Waals surface area (Å²) in [6.07, 6.45) is 4.93. The minimum atomic E-state index is -0.343. The molecule has 5 heteroatoms. The first-order chi connectivity index (χ1) is 11.4. The zero-order valence-electron chi connectivity index (χ0n) is 15.3. The molecule has 132 valence electrons. The summed E-state index contributed by atoms with van der Waals surface area (Å²) in [5, 5.41) is 0. The van der Waals surface area contributed by atoms with E-state index >= 15 is 0 Å². The summed E-state index contributed by atoms with van der Waals surface area (Å²) in [5.74, 6) is 6.10. The van der Waals surface area contributed by atoms with Crippen molar-refractivity contribution < 1.29 is 9.53 Å². The number of amides is 1. The number of methoxy groups -OCH3 is 1. The SMILES string of the molecule is CCCCC(C(=O)NN)N1c2c(OC)cccc2C(C)=CC1(C)C. The molecule has 0 aliphatic carbocycles. The molecule has 24 heavy (non-hydrogen) atoms. The van der Waals surface area contributed by atoms with E-state index in [2.05, 4.69) is 50.2 Å². The predicted molar refractivity (Wildman–Crippen MR) is 98.8 cm³/mol. The van der Waals surface area contributed by atoms with E-state index in [4.69, 9.17) is 10.6 Å². The molecular weight excluding hydrogens is 302 g/mol. The first-order valence-corrected chi connectivity index (χ1v) is 8.54. The lowest BCUT2D eigenvalue weighted by molar-refractivity contribution is -0.122. The lowest BCUT2D eigenvalue weighted by Gasteiger charge is -2.47. The Morgan fingerprint density at radius 2 is 2.12 bits per heavy atom. The minimum Gasteiger partial charge on any atom is -0.495 e. The van der Waals surface area contributed by atoms with Crippen LogP contribution in [0, 0.1) is 0 Å². The van der Waals surface area contributed by atoms with E-state index in [9.17, 15) is 4.79 Å². The van der Waals surface area contributed by atoms with Crippen molar-refractivity contribution in [1.82, 2.24) is 5.43 Å². The Hall–Kier alpha value is -2.01. The summed E-state index contributed by atoms with van der Waals surface area (Å²) < 4.78 is 5.62. The van der Waals surface area contributed by atoms with Crippen molar-refractivity contribution in [2.75, 3.05) is 12.0 Å². The van der Waals surface area contributed by atoms with Crippen LogP contribution < -0.4 is 20.9 Å². The largest absolute Gasteiger partial charge is 0.495 e. The third-order valence-electron chi connectivity index (χ3n) is 4.66. The second-order valence-electron chi connectivity index (χ2n) is 6.87. The van der Waals surface area contributed by atoms with Gasteiger partial charge in [0.25, 0.3) is 5.91 Å². The molecule has 1 amide bonds. The Kier molecular flexibility index (Phi) is 5.54. The number of fused-ring (bicyclic) bond motifs is 1. The zero-order valence-corrected chi connectivity index (χ0v) is 15.3. The molecule has 0 saturated heterocycles. The Bertz CT molecular complexity index is 637. The van der Waals surface area contributed by atoms with Gasteiger partial charge in [-0.15, -0.1) is 0 Å². The number of unbranched alkanes of at least 4 members (excludes halogenated alkanes) is 1. The van der Waals surface area contributed by atoms with E-state index in [1.54, 1.807) is 7.11 Å². The summed E-state index contributed by atoms with van der Waals surface area (Å²) >= 11 is 0. The number of hydrogen-bond acceptors (Lipinski definition) is 4. The molecule has 1 unspecified atom stereocenters. The Labute approximate surface area is 144 Å². The second-order valence-corrected chi connectivity index (χ2v) is 6.87. The van der Waals surface area contributed by atoms with Crippen molar-refractivity contribution in [3.63, 3.8) is 0 Å². The Morgan fingerprint density at radius 3 is 2.71 bits per heavy atom. The van der Waals surface area contributed by atoms with Crippen LogP contribution in [0.15, 0.2) is 24.3 Å². The van der Waals surface area contributed by atoms with Crippen LogP contribution >= 0.6 is 0 Å².